The number of phenolic OH excluding ortho intramolecular Hbond substituents is 1. The minimum absolute atomic E-state index is 0.124. The van der Waals surface area contributed by atoms with Crippen LogP contribution in [0.25, 0.3) is 0 Å². The summed E-state index contributed by atoms with van der Waals surface area (Å²) < 4.78 is 25.4. The average Bonchev–Trinajstić information content (AvgIpc) is 2.12. The number of hydrogen-bond donors (Lipinski definition) is 2. The minimum atomic E-state index is -1.20. The molecule has 0 aromatic heterocycles. The van der Waals surface area contributed by atoms with Gasteiger partial charge in [0.15, 0.2) is 17.4 Å². The molecule has 4 heteroatoms. The first-order valence-corrected chi connectivity index (χ1v) is 3.91. The second-order valence-electron chi connectivity index (χ2n) is 2.85. The number of hydrogen-bond acceptors (Lipinski definition) is 2. The van der Waals surface area contributed by atoms with E-state index in [2.05, 4.69) is 5.32 Å². The summed E-state index contributed by atoms with van der Waals surface area (Å²) in [6, 6.07) is 2.15. The molecule has 1 rings (SSSR count). The lowest BCUT2D eigenvalue weighted by atomic mass is 10.1. The molecule has 2 nitrogen and oxygen atoms in total. The lowest BCUT2D eigenvalue weighted by Gasteiger charge is -2.11. The first-order valence-electron chi connectivity index (χ1n) is 3.91. The van der Waals surface area contributed by atoms with Gasteiger partial charge in [-0.05, 0) is 31.7 Å². The highest BCUT2D eigenvalue weighted by Gasteiger charge is 2.12. The molecular weight excluding hydrogens is 176 g/mol. The molecule has 0 heterocycles. The fourth-order valence-corrected chi connectivity index (χ4v) is 1.01. The second-order valence-corrected chi connectivity index (χ2v) is 2.85. The Bertz CT molecular complexity index is 291. The van der Waals surface area contributed by atoms with E-state index in [0.29, 0.717) is 5.56 Å². The highest BCUT2D eigenvalue weighted by atomic mass is 19.2. The van der Waals surface area contributed by atoms with Crippen LogP contribution in [0, 0.1) is 11.6 Å². The van der Waals surface area contributed by atoms with Gasteiger partial charge in [-0.3, -0.25) is 0 Å². The van der Waals surface area contributed by atoms with Crippen LogP contribution in [0.15, 0.2) is 12.1 Å². The maximum atomic E-state index is 12.8. The van der Waals surface area contributed by atoms with Gasteiger partial charge in [0.2, 0.25) is 0 Å². The average molecular weight is 187 g/mol. The molecule has 0 bridgehead atoms. The van der Waals surface area contributed by atoms with Crippen LogP contribution in [0.1, 0.15) is 18.5 Å². The normalized spacial score (nSPS) is 12.9. The van der Waals surface area contributed by atoms with Crippen molar-refractivity contribution in [3.05, 3.63) is 29.3 Å². The van der Waals surface area contributed by atoms with E-state index >= 15 is 0 Å². The first-order chi connectivity index (χ1) is 6.06. The zero-order valence-corrected chi connectivity index (χ0v) is 7.44. The molecule has 0 aliphatic heterocycles. The third-order valence-corrected chi connectivity index (χ3v) is 1.96. The van der Waals surface area contributed by atoms with E-state index in [9.17, 15) is 8.78 Å². The van der Waals surface area contributed by atoms with Crippen LogP contribution in [-0.4, -0.2) is 12.2 Å². The van der Waals surface area contributed by atoms with Crippen molar-refractivity contribution in [3.8, 4) is 5.75 Å². The third kappa shape index (κ3) is 1.95. The van der Waals surface area contributed by atoms with Crippen molar-refractivity contribution in [2.24, 2.45) is 0 Å². The molecule has 0 amide bonds. The van der Waals surface area contributed by atoms with Crippen LogP contribution in [0.2, 0.25) is 0 Å². The summed E-state index contributed by atoms with van der Waals surface area (Å²) in [7, 11) is 1.70. The molecule has 1 aromatic carbocycles. The molecule has 0 aliphatic rings. The molecule has 0 fully saturated rings. The molecular formula is C9H11F2NO. The van der Waals surface area contributed by atoms with Crippen molar-refractivity contribution >= 4 is 0 Å². The van der Waals surface area contributed by atoms with E-state index in [4.69, 9.17) is 5.11 Å². The molecule has 72 valence electrons. The van der Waals surface area contributed by atoms with Gasteiger partial charge in [-0.2, -0.15) is 4.39 Å². The maximum Gasteiger partial charge on any atom is 0.200 e. The van der Waals surface area contributed by atoms with E-state index in [-0.39, 0.29) is 6.04 Å². The van der Waals surface area contributed by atoms with E-state index in [1.807, 2.05) is 0 Å². The van der Waals surface area contributed by atoms with Crippen molar-refractivity contribution in [2.75, 3.05) is 7.05 Å². The van der Waals surface area contributed by atoms with Crippen molar-refractivity contribution in [1.29, 1.82) is 0 Å². The summed E-state index contributed by atoms with van der Waals surface area (Å²) in [6.45, 7) is 1.78. The Morgan fingerprint density at radius 1 is 1.38 bits per heavy atom. The standard InChI is InChI=1S/C9H11F2NO/c1-5(12-2)6-3-7(10)9(11)8(13)4-6/h3-5,12-13H,1-2H3/t5-/m0/s1. The SMILES string of the molecule is CN[C@@H](C)c1cc(O)c(F)c(F)c1. The van der Waals surface area contributed by atoms with Gasteiger partial charge in [-0.15, -0.1) is 0 Å². The summed E-state index contributed by atoms with van der Waals surface area (Å²) in [4.78, 5) is 0. The fraction of sp³-hybridized carbons (Fsp3) is 0.333. The Balaban J connectivity index is 3.13. The summed E-state index contributed by atoms with van der Waals surface area (Å²) in [5.74, 6) is -2.89. The van der Waals surface area contributed by atoms with Gasteiger partial charge in [-0.1, -0.05) is 0 Å². The van der Waals surface area contributed by atoms with Crippen molar-refractivity contribution in [3.63, 3.8) is 0 Å². The van der Waals surface area contributed by atoms with Crippen LogP contribution in [-0.2, 0) is 0 Å². The molecule has 13 heavy (non-hydrogen) atoms. The summed E-state index contributed by atoms with van der Waals surface area (Å²) in [5.41, 5.74) is 0.513. The highest BCUT2D eigenvalue weighted by Crippen LogP contribution is 2.23. The summed E-state index contributed by atoms with van der Waals surface area (Å²) in [5, 5.41) is 11.8. The molecule has 0 radical (unpaired) electrons. The molecule has 0 saturated carbocycles. The Labute approximate surface area is 75.2 Å². The fourth-order valence-electron chi connectivity index (χ4n) is 1.01. The smallest absolute Gasteiger partial charge is 0.200 e. The number of aromatic hydroxyl groups is 1. The summed E-state index contributed by atoms with van der Waals surface area (Å²) >= 11 is 0. The molecule has 0 aliphatic carbocycles. The van der Waals surface area contributed by atoms with Crippen LogP contribution in [0.4, 0.5) is 8.78 Å². The lowest BCUT2D eigenvalue weighted by Crippen LogP contribution is -2.12. The van der Waals surface area contributed by atoms with Gasteiger partial charge in [0.25, 0.3) is 0 Å². The van der Waals surface area contributed by atoms with Crippen LogP contribution < -0.4 is 5.32 Å². The van der Waals surface area contributed by atoms with Gasteiger partial charge in [0, 0.05) is 6.04 Å². The van der Waals surface area contributed by atoms with E-state index < -0.39 is 17.4 Å². The van der Waals surface area contributed by atoms with E-state index in [1.54, 1.807) is 14.0 Å². The Morgan fingerprint density at radius 3 is 2.46 bits per heavy atom. The van der Waals surface area contributed by atoms with Gasteiger partial charge >= 0.3 is 0 Å². The van der Waals surface area contributed by atoms with Gasteiger partial charge in [-0.25, -0.2) is 4.39 Å². The number of phenols is 1. The van der Waals surface area contributed by atoms with Gasteiger partial charge in [0.05, 0.1) is 0 Å². The van der Waals surface area contributed by atoms with Crippen molar-refractivity contribution in [1.82, 2.24) is 5.32 Å². The Morgan fingerprint density at radius 2 is 2.00 bits per heavy atom. The molecule has 0 spiro atoms. The predicted octanol–water partition coefficient (Wildman–Crippen LogP) is 1.95. The van der Waals surface area contributed by atoms with Gasteiger partial charge in [0.1, 0.15) is 0 Å². The molecule has 0 saturated heterocycles. The van der Waals surface area contributed by atoms with E-state index in [1.165, 1.54) is 6.07 Å². The first kappa shape index (κ1) is 9.92. The second kappa shape index (κ2) is 3.70. The van der Waals surface area contributed by atoms with E-state index in [0.717, 1.165) is 6.07 Å². The zero-order chi connectivity index (χ0) is 10.0. The highest BCUT2D eigenvalue weighted by molar-refractivity contribution is 5.31. The molecule has 1 atom stereocenters. The number of halogens is 2. The van der Waals surface area contributed by atoms with Crippen LogP contribution >= 0.6 is 0 Å². The number of rotatable bonds is 2. The van der Waals surface area contributed by atoms with Crippen LogP contribution in [0.3, 0.4) is 0 Å². The predicted molar refractivity (Wildman–Crippen MR) is 45.5 cm³/mol. The lowest BCUT2D eigenvalue weighted by molar-refractivity contribution is 0.404. The molecule has 1 aromatic rings. The quantitative estimate of drug-likeness (QED) is 0.741. The zero-order valence-electron chi connectivity index (χ0n) is 7.44. The van der Waals surface area contributed by atoms with Crippen molar-refractivity contribution in [2.45, 2.75) is 13.0 Å². The molecule has 0 unspecified atom stereocenters. The largest absolute Gasteiger partial charge is 0.505 e. The number of benzene rings is 1. The van der Waals surface area contributed by atoms with Crippen LogP contribution in [0.5, 0.6) is 5.75 Å². The minimum Gasteiger partial charge on any atom is -0.505 e. The Kier molecular flexibility index (Phi) is 2.83. The number of nitrogens with one attached hydrogen (secondary N) is 1. The molecule has 2 N–H and O–H groups in total. The maximum absolute atomic E-state index is 12.8. The van der Waals surface area contributed by atoms with Gasteiger partial charge < -0.3 is 10.4 Å². The monoisotopic (exact) mass is 187 g/mol. The Hall–Kier alpha value is -1.16. The van der Waals surface area contributed by atoms with Crippen molar-refractivity contribution < 1.29 is 13.9 Å². The third-order valence-electron chi connectivity index (χ3n) is 1.96. The summed E-state index contributed by atoms with van der Waals surface area (Å²) in [6.07, 6.45) is 0. The topological polar surface area (TPSA) is 32.3 Å².